The molecule has 0 saturated carbocycles. The van der Waals surface area contributed by atoms with E-state index in [1.54, 1.807) is 65.4 Å². The molecule has 0 spiro atoms. The number of ether oxygens (including phenoxy) is 3. The minimum atomic E-state index is -1.20. The second-order valence-electron chi connectivity index (χ2n) is 31.3. The Labute approximate surface area is 729 Å². The molecule has 25 nitrogen and oxygen atoms in total. The van der Waals surface area contributed by atoms with Gasteiger partial charge in [-0.2, -0.15) is 0 Å². The van der Waals surface area contributed by atoms with Gasteiger partial charge in [0.05, 0.1) is 48.7 Å². The molecular weight excluding hydrogens is 1680 g/mol. The molecule has 4 N–H and O–H groups in total. The van der Waals surface area contributed by atoms with Gasteiger partial charge in [-0.1, -0.05) is 77.3 Å². The Balaban J connectivity index is 0.000000158. The van der Waals surface area contributed by atoms with E-state index in [-0.39, 0.29) is 76.7 Å². The predicted octanol–water partition coefficient (Wildman–Crippen LogP) is 19.0. The number of aryl methyl sites for hydroxylation is 5. The summed E-state index contributed by atoms with van der Waals surface area (Å²) in [5.41, 5.74) is 12.1. The highest BCUT2D eigenvalue weighted by molar-refractivity contribution is 7.80. The molecule has 121 heavy (non-hydrogen) atoms. The Kier molecular flexibility index (Phi) is 24.9. The van der Waals surface area contributed by atoms with E-state index in [2.05, 4.69) is 87.3 Å². The standard InChI is InChI=1S/C41H31ClN6O6S2.C25H29ClN4O3S.C23H25ClN4O2S/c1-19-20(2)56-39-35(19)37(22-4-6-23(42)7-5-22)45-32(38-47-46-21(3)48(38)39)15-27(51)18-43-41(55)44-24-8-11-28(31(14-24)40(52)53)36-29-12-9-25(49)16-33(29)54-34-17-26(50)10-13-30(34)36;1-14-15(2)34-24-21(14)22(16-7-9-17(26)10-8-16)27-18(13-20(31)33-25(3,4)5)23-29-28-19(30(23)24)11-12-32-6;1-12-13(2)31-22-19(12)20(15-7-9-16(24)10-8-15)25-17(11-18(29)30-23(4,5)6)21-27-26-14(3)28(21)22/h4-14,16-17,32,49H,15,18H2,1-3H3,(H,52,53)(H2,43,44,55);7-10,18H,11-13H2,1-6H3;7-10,17H,11H2,1-6H3/t32-;18-;17-/m000/s1. The molecule has 5 aliphatic rings. The topological polar surface area (TPSA) is 320 Å². The van der Waals surface area contributed by atoms with Crippen LogP contribution in [-0.2, 0) is 35.0 Å². The first kappa shape index (κ1) is 86.1. The van der Waals surface area contributed by atoms with E-state index in [1.807, 2.05) is 137 Å². The second kappa shape index (κ2) is 35.0. The number of hydrogen-bond donors (Lipinski definition) is 4. The van der Waals surface area contributed by atoms with E-state index in [1.165, 1.54) is 40.1 Å². The number of thiophene rings is 3. The van der Waals surface area contributed by atoms with Crippen LogP contribution in [-0.4, -0.2) is 132 Å². The molecule has 16 rings (SSSR count). The Bertz CT molecular complexity index is 6400. The Morgan fingerprint density at radius 1 is 0.537 bits per heavy atom. The van der Waals surface area contributed by atoms with Crippen LogP contribution in [0.3, 0.4) is 0 Å². The average molecular weight is 1760 g/mol. The number of carbonyl (C=O) groups is 4. The molecule has 0 amide bonds. The predicted molar refractivity (Wildman–Crippen MR) is 479 cm³/mol. The van der Waals surface area contributed by atoms with Crippen LogP contribution >= 0.6 is 81.0 Å². The molecule has 0 radical (unpaired) electrons. The summed E-state index contributed by atoms with van der Waals surface area (Å²) in [4.78, 5) is 82.9. The number of halogens is 3. The van der Waals surface area contributed by atoms with E-state index in [4.69, 9.17) is 80.6 Å². The smallest absolute Gasteiger partial charge is 0.336 e. The number of Topliss-reactive ketones (excluding diaryl/α,β-unsaturated/α-hetero) is 1. The fourth-order valence-electron chi connectivity index (χ4n) is 14.6. The number of carboxylic acids is 1. The van der Waals surface area contributed by atoms with Gasteiger partial charge < -0.3 is 39.5 Å². The van der Waals surface area contributed by atoms with Gasteiger partial charge in [0.25, 0.3) is 0 Å². The Morgan fingerprint density at radius 3 is 1.43 bits per heavy atom. The fraction of sp³-hybridized carbons (Fsp3) is 0.292. The number of aromatic hydroxyl groups is 1. The van der Waals surface area contributed by atoms with Crippen molar-refractivity contribution in [2.75, 3.05) is 25.6 Å². The highest BCUT2D eigenvalue weighted by Crippen LogP contribution is 2.46. The van der Waals surface area contributed by atoms with Gasteiger partial charge in [0.2, 0.25) is 0 Å². The monoisotopic (exact) mass is 1760 g/mol. The van der Waals surface area contributed by atoms with Crippen molar-refractivity contribution in [2.45, 2.75) is 152 Å². The van der Waals surface area contributed by atoms with Crippen molar-refractivity contribution < 1.29 is 48.0 Å². The number of ketones is 1. The highest BCUT2D eigenvalue weighted by atomic mass is 35.5. The number of carboxylic acid groups (broad SMARTS) is 1. The third-order valence-corrected chi connectivity index (χ3v) is 25.0. The van der Waals surface area contributed by atoms with Crippen molar-refractivity contribution in [1.29, 1.82) is 0 Å². The van der Waals surface area contributed by atoms with Gasteiger partial charge in [-0.3, -0.25) is 47.9 Å². The number of nitrogens with zero attached hydrogens (tertiary/aromatic N) is 12. The van der Waals surface area contributed by atoms with Crippen LogP contribution in [0, 0.1) is 55.4 Å². The number of phenolic OH excluding ortho intramolecular Hbond substituents is 1. The summed E-state index contributed by atoms with van der Waals surface area (Å²) in [6.07, 6.45) is 0.740. The van der Waals surface area contributed by atoms with Gasteiger partial charge in [-0.25, -0.2) is 4.79 Å². The van der Waals surface area contributed by atoms with Gasteiger partial charge >= 0.3 is 17.9 Å². The number of esters is 2. The van der Waals surface area contributed by atoms with Crippen molar-refractivity contribution in [3.05, 3.63) is 258 Å². The fourth-order valence-corrected chi connectivity index (χ4v) is 18.7. The molecule has 10 heterocycles. The van der Waals surface area contributed by atoms with Gasteiger partial charge in [-0.05, 0) is 204 Å². The average Bonchev–Trinajstić information content (AvgIpc) is 1.44. The molecule has 11 aromatic rings. The molecule has 1 aliphatic carbocycles. The number of thiocarbonyl (C=S) groups is 1. The van der Waals surface area contributed by atoms with Crippen LogP contribution in [0.2, 0.25) is 15.1 Å². The SMILES string of the molecule is COCCc1nnc2n1-c1sc(C)c(C)c1C(c1ccc(Cl)cc1)=N[C@H]2CC(=O)OC(C)(C)C.Cc1sc2c(c1C)C(c1ccc(Cl)cc1)=N[C@@H](CC(=O)CNC(=S)Nc1ccc(-c3c4ccc(=O)cc-4oc4cc(O)ccc34)c(C(=O)O)c1)c1nnc(C)n1-2.Cc1sc2c(c1C)C(c1ccc(Cl)cc1)=N[C@@H](CC(=O)OC(C)(C)C)c1nnc(C)n1-2. The molecule has 6 aromatic heterocycles. The zero-order chi connectivity index (χ0) is 86.5. The number of carbonyl (C=O) groups excluding carboxylic acids is 3. The Morgan fingerprint density at radius 2 is 0.975 bits per heavy atom. The van der Waals surface area contributed by atoms with Crippen LogP contribution < -0.4 is 16.1 Å². The maximum Gasteiger partial charge on any atom is 0.336 e. The van der Waals surface area contributed by atoms with Crippen LogP contribution in [0.25, 0.3) is 48.4 Å². The molecule has 3 atom stereocenters. The second-order valence-corrected chi connectivity index (χ2v) is 36.7. The van der Waals surface area contributed by atoms with E-state index >= 15 is 0 Å². The number of phenols is 1. The first-order chi connectivity index (χ1) is 57.5. The molecule has 0 saturated heterocycles. The summed E-state index contributed by atoms with van der Waals surface area (Å²) < 4.78 is 28.5. The number of nitrogens with one attached hydrogen (secondary N) is 2. The molecule has 0 unspecified atom stereocenters. The third-order valence-electron chi connectivity index (χ3n) is 20.4. The highest BCUT2D eigenvalue weighted by Gasteiger charge is 2.38. The van der Waals surface area contributed by atoms with Gasteiger partial charge in [-0.15, -0.1) is 64.6 Å². The number of fused-ring (bicyclic) bond motifs is 11. The van der Waals surface area contributed by atoms with Crippen molar-refractivity contribution in [3.63, 3.8) is 0 Å². The van der Waals surface area contributed by atoms with Gasteiger partial charge in [0.1, 0.15) is 78.9 Å². The maximum atomic E-state index is 13.6. The maximum absolute atomic E-state index is 13.6. The lowest BCUT2D eigenvalue weighted by Gasteiger charge is -2.21. The number of aromatic nitrogens is 9. The summed E-state index contributed by atoms with van der Waals surface area (Å²) in [5.74, 6) is 2.21. The number of anilines is 1. The van der Waals surface area contributed by atoms with Crippen molar-refractivity contribution in [1.82, 2.24) is 49.6 Å². The zero-order valence-corrected chi connectivity index (χ0v) is 74.3. The van der Waals surface area contributed by atoms with Crippen LogP contribution in [0.1, 0.15) is 189 Å². The summed E-state index contributed by atoms with van der Waals surface area (Å²) >= 11 is 29.1. The normalized spacial score (nSPS) is 14.6. The molecule has 0 fully saturated rings. The lowest BCUT2D eigenvalue weighted by atomic mass is 9.90. The zero-order valence-electron chi connectivity index (χ0n) is 68.8. The summed E-state index contributed by atoms with van der Waals surface area (Å²) in [5, 5.41) is 58.5. The quantitative estimate of drug-likeness (QED) is 0.0374. The van der Waals surface area contributed by atoms with Crippen LogP contribution in [0.15, 0.2) is 152 Å². The Hall–Kier alpha value is -11.3. The number of benzene rings is 6. The number of aliphatic imine (C=N–C) groups is 3. The number of rotatable bonds is 17. The minimum absolute atomic E-state index is 0.00650. The summed E-state index contributed by atoms with van der Waals surface area (Å²) in [6, 6.07) is 34.5. The summed E-state index contributed by atoms with van der Waals surface area (Å²) in [7, 11) is 1.66. The van der Waals surface area contributed by atoms with Gasteiger partial charge in [0.15, 0.2) is 33.8 Å². The number of methoxy groups -OCH3 is 1. The molecular formula is C89H85Cl3N14O11S4. The number of hydrogen-bond acceptors (Lipinski definition) is 23. The molecule has 622 valence electrons. The molecule has 32 heteroatoms. The molecule has 5 aromatic carbocycles. The van der Waals surface area contributed by atoms with Crippen molar-refractivity contribution in [2.24, 2.45) is 15.0 Å². The van der Waals surface area contributed by atoms with E-state index in [0.717, 1.165) is 98.7 Å². The summed E-state index contributed by atoms with van der Waals surface area (Å²) in [6.45, 7) is 27.8. The van der Waals surface area contributed by atoms with E-state index in [9.17, 15) is 34.2 Å². The molecule has 0 bridgehead atoms. The largest absolute Gasteiger partial charge is 0.508 e. The lowest BCUT2D eigenvalue weighted by Crippen LogP contribution is -2.33. The lowest BCUT2D eigenvalue weighted by molar-refractivity contribution is -0.156. The van der Waals surface area contributed by atoms with E-state index in [0.29, 0.717) is 79.2 Å². The molecule has 4 aliphatic heterocycles. The van der Waals surface area contributed by atoms with Crippen LogP contribution in [0.4, 0.5) is 5.69 Å². The van der Waals surface area contributed by atoms with Crippen molar-refractivity contribution in [3.8, 4) is 43.2 Å². The van der Waals surface area contributed by atoms with Crippen LogP contribution in [0.5, 0.6) is 5.75 Å². The van der Waals surface area contributed by atoms with Crippen molar-refractivity contribution >= 4 is 144 Å². The van der Waals surface area contributed by atoms with E-state index < -0.39 is 35.3 Å². The van der Waals surface area contributed by atoms with Gasteiger partial charge in [0, 0.05) is 117 Å². The first-order valence-corrected chi connectivity index (χ1v) is 42.7. The minimum Gasteiger partial charge on any atom is -0.508 e. The first-order valence-electron chi connectivity index (χ1n) is 38.7. The number of aromatic carboxylic acids is 1. The third kappa shape index (κ3) is 18.4.